The maximum atomic E-state index is 12.4. The van der Waals surface area contributed by atoms with Crippen molar-refractivity contribution in [3.63, 3.8) is 0 Å². The van der Waals surface area contributed by atoms with Crippen LogP contribution in [0.15, 0.2) is 59.7 Å². The van der Waals surface area contributed by atoms with E-state index in [9.17, 15) is 5.53 Å². The minimum Gasteiger partial charge on any atom is -0.493 e. The van der Waals surface area contributed by atoms with Crippen LogP contribution in [-0.4, -0.2) is 4.70 Å². The van der Waals surface area contributed by atoms with Crippen molar-refractivity contribution in [1.29, 1.82) is 0 Å². The first-order valence-corrected chi connectivity index (χ1v) is 26.3. The van der Waals surface area contributed by atoms with Crippen LogP contribution in [0.2, 0.25) is 0 Å². The first-order chi connectivity index (χ1) is 29.1. The van der Waals surface area contributed by atoms with Gasteiger partial charge in [0.2, 0.25) is 11.4 Å². The van der Waals surface area contributed by atoms with Gasteiger partial charge in [0.1, 0.15) is 0 Å². The van der Waals surface area contributed by atoms with Gasteiger partial charge >= 0.3 is 0 Å². The molecular weight excluding hydrogens is 713 g/mol. The molecule has 332 valence electrons. The molecule has 1 aliphatic heterocycles. The van der Waals surface area contributed by atoms with E-state index in [1.165, 1.54) is 245 Å². The summed E-state index contributed by atoms with van der Waals surface area (Å²) in [5.41, 5.74) is 22.4. The zero-order valence-electron chi connectivity index (χ0n) is 39.7. The number of allylic oxidation sites excluding steroid dienone is 2. The summed E-state index contributed by atoms with van der Waals surface area (Å²) in [4.78, 5) is 0. The van der Waals surface area contributed by atoms with Gasteiger partial charge in [-0.15, -0.1) is 0 Å². The van der Waals surface area contributed by atoms with Crippen molar-refractivity contribution in [1.82, 2.24) is 0 Å². The van der Waals surface area contributed by atoms with Crippen LogP contribution in [0.3, 0.4) is 0 Å². The third-order valence-corrected chi connectivity index (χ3v) is 13.2. The molecule has 0 bridgehead atoms. The predicted octanol–water partition coefficient (Wildman–Crippen LogP) is 19.7. The lowest BCUT2D eigenvalue weighted by Crippen LogP contribution is -2.03. The summed E-state index contributed by atoms with van der Waals surface area (Å²) >= 11 is 0. The van der Waals surface area contributed by atoms with Gasteiger partial charge < -0.3 is 5.53 Å². The summed E-state index contributed by atoms with van der Waals surface area (Å²) in [7, 11) is 0. The molecule has 0 saturated carbocycles. The number of rotatable bonds is 39. The van der Waals surface area contributed by atoms with E-state index < -0.39 is 0 Å². The van der Waals surface area contributed by atoms with Crippen LogP contribution in [0.5, 0.6) is 0 Å². The highest BCUT2D eigenvalue weighted by Gasteiger charge is 2.35. The molecule has 0 amide bonds. The van der Waals surface area contributed by atoms with Gasteiger partial charge in [-0.3, -0.25) is 0 Å². The summed E-state index contributed by atoms with van der Waals surface area (Å²) in [6, 6.07) is 18.4. The molecule has 0 spiro atoms. The molecule has 0 unspecified atom stereocenters. The third-order valence-electron chi connectivity index (χ3n) is 13.2. The van der Waals surface area contributed by atoms with Crippen molar-refractivity contribution < 1.29 is 4.70 Å². The molecule has 0 saturated heterocycles. The zero-order valence-corrected chi connectivity index (χ0v) is 39.7. The summed E-state index contributed by atoms with van der Waals surface area (Å²) in [6.07, 6.45) is 49.2. The van der Waals surface area contributed by atoms with Crippen LogP contribution in [0.1, 0.15) is 275 Å². The molecule has 2 aromatic carbocycles. The molecule has 0 atom stereocenters. The van der Waals surface area contributed by atoms with E-state index in [1.807, 2.05) is 0 Å². The minimum atomic E-state index is 1.04. The van der Waals surface area contributed by atoms with E-state index in [1.54, 1.807) is 4.70 Å². The average Bonchev–Trinajstić information content (AvgIpc) is 3.53. The highest BCUT2D eigenvalue weighted by molar-refractivity contribution is 5.82. The SMILES string of the molecule is CCCCCCCCCCCCCCCCCC1=C(c2cccc(CCCCCCCCCCCCCCC)c2)[N+](=[N-])C(c2cccc(CCCC)c2)=C1CCCCC. The van der Waals surface area contributed by atoms with Gasteiger partial charge in [0.05, 0.1) is 0 Å². The van der Waals surface area contributed by atoms with Gasteiger partial charge in [0, 0.05) is 22.3 Å². The largest absolute Gasteiger partial charge is 0.493 e. The molecular formula is C57H94N2. The van der Waals surface area contributed by atoms with Crippen LogP contribution < -0.4 is 0 Å². The van der Waals surface area contributed by atoms with Gasteiger partial charge in [-0.2, -0.15) is 0 Å². The number of benzene rings is 2. The van der Waals surface area contributed by atoms with E-state index in [0.717, 1.165) is 37.1 Å². The fourth-order valence-corrected chi connectivity index (χ4v) is 9.49. The Morgan fingerprint density at radius 2 is 0.593 bits per heavy atom. The monoisotopic (exact) mass is 807 g/mol. The zero-order chi connectivity index (χ0) is 42.0. The summed E-state index contributed by atoms with van der Waals surface area (Å²) < 4.78 is 1.63. The summed E-state index contributed by atoms with van der Waals surface area (Å²) in [6.45, 7) is 9.19. The van der Waals surface area contributed by atoms with E-state index >= 15 is 0 Å². The van der Waals surface area contributed by atoms with Gasteiger partial charge in [-0.1, -0.05) is 238 Å². The molecule has 1 aliphatic rings. The van der Waals surface area contributed by atoms with E-state index in [0.29, 0.717) is 0 Å². The lowest BCUT2D eigenvalue weighted by Gasteiger charge is -2.12. The molecule has 0 N–H and O–H groups in total. The minimum absolute atomic E-state index is 1.04. The number of hydrogen-bond acceptors (Lipinski definition) is 0. The van der Waals surface area contributed by atoms with Crippen LogP contribution in [0, 0.1) is 0 Å². The van der Waals surface area contributed by atoms with Crippen molar-refractivity contribution in [2.24, 2.45) is 0 Å². The number of nitrogens with zero attached hydrogens (tertiary/aromatic N) is 2. The van der Waals surface area contributed by atoms with E-state index in [2.05, 4.69) is 76.2 Å². The normalized spacial score (nSPS) is 13.1. The molecule has 1 heterocycles. The van der Waals surface area contributed by atoms with Crippen LogP contribution in [-0.2, 0) is 12.8 Å². The Hall–Kier alpha value is -2.48. The molecule has 3 rings (SSSR count). The molecule has 59 heavy (non-hydrogen) atoms. The summed E-state index contributed by atoms with van der Waals surface area (Å²) in [5.74, 6) is 0. The smallest absolute Gasteiger partial charge is 0.211 e. The van der Waals surface area contributed by atoms with Crippen molar-refractivity contribution in [3.8, 4) is 0 Å². The molecule has 2 nitrogen and oxygen atoms in total. The molecule has 0 aromatic heterocycles. The Balaban J connectivity index is 1.62. The fraction of sp³-hybridized carbons (Fsp3) is 0.719. The topological polar surface area (TPSA) is 25.3 Å². The number of hydrogen-bond donors (Lipinski definition) is 0. The molecule has 0 aliphatic carbocycles. The maximum absolute atomic E-state index is 12.4. The van der Waals surface area contributed by atoms with Crippen molar-refractivity contribution in [2.45, 2.75) is 265 Å². The van der Waals surface area contributed by atoms with Gasteiger partial charge in [0.15, 0.2) is 0 Å². The Morgan fingerprint density at radius 3 is 0.949 bits per heavy atom. The molecule has 0 fully saturated rings. The van der Waals surface area contributed by atoms with Crippen molar-refractivity contribution in [3.05, 3.63) is 87.5 Å². The number of aryl methyl sites for hydroxylation is 2. The van der Waals surface area contributed by atoms with Crippen molar-refractivity contribution in [2.75, 3.05) is 0 Å². The number of unbranched alkanes of at least 4 members (excludes halogenated alkanes) is 29. The average molecular weight is 807 g/mol. The molecule has 2 heteroatoms. The Labute approximate surface area is 367 Å². The maximum Gasteiger partial charge on any atom is 0.211 e. The lowest BCUT2D eigenvalue weighted by molar-refractivity contribution is -0.345. The highest BCUT2D eigenvalue weighted by atomic mass is 15.2. The fourth-order valence-electron chi connectivity index (χ4n) is 9.49. The Kier molecular flexibility index (Phi) is 29.4. The van der Waals surface area contributed by atoms with Gasteiger partial charge in [-0.05, 0) is 86.8 Å². The Morgan fingerprint density at radius 1 is 0.322 bits per heavy atom. The van der Waals surface area contributed by atoms with Crippen LogP contribution in [0.4, 0.5) is 0 Å². The summed E-state index contributed by atoms with van der Waals surface area (Å²) in [5, 5.41) is 0. The first-order valence-electron chi connectivity index (χ1n) is 26.3. The lowest BCUT2D eigenvalue weighted by atomic mass is 9.90. The van der Waals surface area contributed by atoms with E-state index in [4.69, 9.17) is 0 Å². The van der Waals surface area contributed by atoms with Crippen LogP contribution >= 0.6 is 0 Å². The molecule has 2 aromatic rings. The second-order valence-electron chi connectivity index (χ2n) is 18.6. The standard InChI is InChI=1S/C57H94N2/c1-5-9-13-15-17-19-21-23-24-26-28-30-32-34-37-47-55-54(46-35-11-7-3)56(52-44-38-42-50(48-52)40-12-8-4)59(58)57(55)53-45-39-43-51(49-53)41-36-33-31-29-27-25-22-20-18-16-14-10-6-2/h38-39,42-45,48-49H,5-37,40-41,46-47H2,1-4H3. The molecule has 0 radical (unpaired) electrons. The van der Waals surface area contributed by atoms with Gasteiger partial charge in [-0.25, -0.2) is 4.70 Å². The van der Waals surface area contributed by atoms with Gasteiger partial charge in [0.25, 0.3) is 0 Å². The third kappa shape index (κ3) is 21.2. The predicted molar refractivity (Wildman–Crippen MR) is 262 cm³/mol. The highest BCUT2D eigenvalue weighted by Crippen LogP contribution is 2.45. The second-order valence-corrected chi connectivity index (χ2v) is 18.6. The van der Waals surface area contributed by atoms with E-state index in [-0.39, 0.29) is 0 Å². The first kappa shape index (κ1) is 50.9. The Bertz CT molecular complexity index is 1430. The quantitative estimate of drug-likeness (QED) is 0.0475. The van der Waals surface area contributed by atoms with Crippen LogP contribution in [0.25, 0.3) is 16.9 Å². The van der Waals surface area contributed by atoms with Crippen molar-refractivity contribution >= 4 is 11.4 Å². The second kappa shape index (κ2) is 34.1.